The molecule has 2 aromatic carbocycles. The Morgan fingerprint density at radius 3 is 2.68 bits per heavy atom. The third-order valence-corrected chi connectivity index (χ3v) is 4.85. The average molecular weight is 393 g/mol. The van der Waals surface area contributed by atoms with E-state index in [-0.39, 0.29) is 0 Å². The molecular weight excluding hydrogens is 372 g/mol. The molecule has 0 unspecified atom stereocenters. The second kappa shape index (κ2) is 11.0. The summed E-state index contributed by atoms with van der Waals surface area (Å²) in [7, 11) is 0. The van der Waals surface area contributed by atoms with Crippen molar-refractivity contribution in [1.29, 1.82) is 0 Å². The van der Waals surface area contributed by atoms with Gasteiger partial charge in [-0.3, -0.25) is 0 Å². The fraction of sp³-hybridized carbons (Fsp3) is 0.211. The Morgan fingerprint density at radius 1 is 1.20 bits per heavy atom. The molecule has 0 aliphatic carbocycles. The molecule has 25 heavy (non-hydrogen) atoms. The van der Waals surface area contributed by atoms with Gasteiger partial charge in [-0.2, -0.15) is 11.8 Å². The smallest absolute Gasteiger partial charge is 0.170 e. The van der Waals surface area contributed by atoms with Crippen LogP contribution >= 0.6 is 35.6 Å². The molecule has 0 bridgehead atoms. The minimum absolute atomic E-state index is 0.499. The summed E-state index contributed by atoms with van der Waals surface area (Å²) >= 11 is 13.3. The first-order chi connectivity index (χ1) is 12.2. The van der Waals surface area contributed by atoms with Crippen molar-refractivity contribution >= 4 is 46.4 Å². The number of benzene rings is 2. The van der Waals surface area contributed by atoms with Crippen molar-refractivity contribution in [2.45, 2.75) is 5.75 Å². The van der Waals surface area contributed by atoms with Gasteiger partial charge >= 0.3 is 0 Å². The molecule has 0 atom stereocenters. The van der Waals surface area contributed by atoms with Crippen LogP contribution in [0, 0.1) is 0 Å². The number of ether oxygens (including phenoxy) is 1. The van der Waals surface area contributed by atoms with Gasteiger partial charge in [0.2, 0.25) is 0 Å². The molecule has 0 aliphatic heterocycles. The van der Waals surface area contributed by atoms with Crippen LogP contribution in [0.2, 0.25) is 5.02 Å². The normalized spacial score (nSPS) is 10.1. The summed E-state index contributed by atoms with van der Waals surface area (Å²) in [5, 5.41) is 7.79. The van der Waals surface area contributed by atoms with E-state index >= 15 is 0 Å². The van der Waals surface area contributed by atoms with Gasteiger partial charge in [-0.05, 0) is 48.1 Å². The molecule has 0 radical (unpaired) electrons. The Balaban J connectivity index is 1.63. The van der Waals surface area contributed by atoms with E-state index < -0.39 is 0 Å². The van der Waals surface area contributed by atoms with Gasteiger partial charge in [0.25, 0.3) is 0 Å². The summed E-state index contributed by atoms with van der Waals surface area (Å²) in [5.74, 6) is 2.65. The maximum atomic E-state index is 6.14. The topological polar surface area (TPSA) is 33.3 Å². The largest absolute Gasteiger partial charge is 0.490 e. The summed E-state index contributed by atoms with van der Waals surface area (Å²) in [6.45, 7) is 4.92. The summed E-state index contributed by atoms with van der Waals surface area (Å²) < 4.78 is 5.45. The number of nitrogens with one attached hydrogen (secondary N) is 2. The van der Waals surface area contributed by atoms with Gasteiger partial charge in [0.15, 0.2) is 5.11 Å². The van der Waals surface area contributed by atoms with Crippen LogP contribution in [0.5, 0.6) is 5.75 Å². The van der Waals surface area contributed by atoms with E-state index in [1.165, 1.54) is 0 Å². The van der Waals surface area contributed by atoms with Gasteiger partial charge in [-0.25, -0.2) is 0 Å². The van der Waals surface area contributed by atoms with E-state index in [1.54, 1.807) is 6.08 Å². The number of halogens is 1. The number of hydrogen-bond donors (Lipinski definition) is 2. The summed E-state index contributed by atoms with van der Waals surface area (Å²) in [6, 6.07) is 15.6. The zero-order chi connectivity index (χ0) is 17.9. The van der Waals surface area contributed by atoms with E-state index in [0.29, 0.717) is 11.7 Å². The van der Waals surface area contributed by atoms with Gasteiger partial charge < -0.3 is 15.4 Å². The van der Waals surface area contributed by atoms with Crippen molar-refractivity contribution in [3.8, 4) is 5.75 Å². The zero-order valence-electron chi connectivity index (χ0n) is 13.8. The molecule has 0 saturated heterocycles. The number of thiocarbonyl (C=S) groups is 1. The van der Waals surface area contributed by atoms with Gasteiger partial charge in [-0.15, -0.1) is 0 Å². The molecule has 2 aromatic rings. The molecule has 2 N–H and O–H groups in total. The molecule has 2 rings (SSSR count). The average Bonchev–Trinajstić information content (AvgIpc) is 2.62. The fourth-order valence-electron chi connectivity index (χ4n) is 2.00. The molecule has 0 spiro atoms. The van der Waals surface area contributed by atoms with Crippen molar-refractivity contribution in [3.63, 3.8) is 0 Å². The van der Waals surface area contributed by atoms with E-state index in [9.17, 15) is 0 Å². The van der Waals surface area contributed by atoms with E-state index in [2.05, 4.69) is 23.3 Å². The monoisotopic (exact) mass is 392 g/mol. The number of rotatable bonds is 9. The molecule has 0 fully saturated rings. The maximum absolute atomic E-state index is 6.14. The van der Waals surface area contributed by atoms with Gasteiger partial charge in [0.05, 0.1) is 0 Å². The van der Waals surface area contributed by atoms with Crippen LogP contribution in [0.1, 0.15) is 5.56 Å². The highest BCUT2D eigenvalue weighted by Gasteiger charge is 2.01. The van der Waals surface area contributed by atoms with E-state index in [4.69, 9.17) is 28.6 Å². The Kier molecular flexibility index (Phi) is 8.66. The molecule has 0 amide bonds. The molecule has 0 heterocycles. The predicted octanol–water partition coefficient (Wildman–Crippen LogP) is 5.12. The highest BCUT2D eigenvalue weighted by atomic mass is 35.5. The third-order valence-electron chi connectivity index (χ3n) is 3.23. The first kappa shape index (κ1) is 19.6. The van der Waals surface area contributed by atoms with E-state index in [0.717, 1.165) is 40.1 Å². The van der Waals surface area contributed by atoms with Crippen LogP contribution in [-0.4, -0.2) is 24.0 Å². The maximum Gasteiger partial charge on any atom is 0.170 e. The highest BCUT2D eigenvalue weighted by molar-refractivity contribution is 7.98. The SMILES string of the molecule is C=CCOc1ccc(NC(=S)NCCSCc2ccccc2Cl)cc1. The lowest BCUT2D eigenvalue weighted by Crippen LogP contribution is -2.30. The van der Waals surface area contributed by atoms with Crippen LogP contribution in [0.25, 0.3) is 0 Å². The molecule has 0 aromatic heterocycles. The Labute approximate surface area is 163 Å². The van der Waals surface area contributed by atoms with Gasteiger partial charge in [0.1, 0.15) is 12.4 Å². The number of anilines is 1. The first-order valence-corrected chi connectivity index (χ1v) is 9.83. The minimum Gasteiger partial charge on any atom is -0.490 e. The van der Waals surface area contributed by atoms with Crippen molar-refractivity contribution in [3.05, 3.63) is 71.8 Å². The lowest BCUT2D eigenvalue weighted by Gasteiger charge is -2.11. The number of hydrogen-bond acceptors (Lipinski definition) is 3. The molecule has 0 saturated carbocycles. The standard InChI is InChI=1S/C19H21ClN2OS2/c1-2-12-23-17-9-7-16(8-10-17)22-19(24)21-11-13-25-14-15-5-3-4-6-18(15)20/h2-10H,1,11-14H2,(H2,21,22,24). The summed E-state index contributed by atoms with van der Waals surface area (Å²) in [4.78, 5) is 0. The van der Waals surface area contributed by atoms with Crippen molar-refractivity contribution in [2.75, 3.05) is 24.2 Å². The van der Waals surface area contributed by atoms with Crippen molar-refractivity contribution in [1.82, 2.24) is 5.32 Å². The summed E-state index contributed by atoms with van der Waals surface area (Å²) in [5.41, 5.74) is 2.08. The van der Waals surface area contributed by atoms with E-state index in [1.807, 2.05) is 54.2 Å². The lowest BCUT2D eigenvalue weighted by molar-refractivity contribution is 0.363. The number of thioether (sulfide) groups is 1. The van der Waals surface area contributed by atoms with Gasteiger partial charge in [0, 0.05) is 28.8 Å². The second-order valence-electron chi connectivity index (χ2n) is 5.15. The lowest BCUT2D eigenvalue weighted by atomic mass is 10.2. The Hall–Kier alpha value is -1.69. The first-order valence-electron chi connectivity index (χ1n) is 7.89. The van der Waals surface area contributed by atoms with Crippen LogP contribution < -0.4 is 15.4 Å². The molecule has 6 heteroatoms. The second-order valence-corrected chi connectivity index (χ2v) is 7.07. The fourth-order valence-corrected chi connectivity index (χ4v) is 3.36. The predicted molar refractivity (Wildman–Crippen MR) is 114 cm³/mol. The molecule has 132 valence electrons. The van der Waals surface area contributed by atoms with Crippen LogP contribution in [0.4, 0.5) is 5.69 Å². The molecule has 3 nitrogen and oxygen atoms in total. The molecule has 0 aliphatic rings. The third kappa shape index (κ3) is 7.38. The minimum atomic E-state index is 0.499. The zero-order valence-corrected chi connectivity index (χ0v) is 16.2. The van der Waals surface area contributed by atoms with Crippen LogP contribution in [0.15, 0.2) is 61.2 Å². The highest BCUT2D eigenvalue weighted by Crippen LogP contribution is 2.20. The van der Waals surface area contributed by atoms with Crippen LogP contribution in [0.3, 0.4) is 0 Å². The Bertz CT molecular complexity index is 692. The van der Waals surface area contributed by atoms with Crippen LogP contribution in [-0.2, 0) is 5.75 Å². The quantitative estimate of drug-likeness (QED) is 0.351. The Morgan fingerprint density at radius 2 is 1.96 bits per heavy atom. The van der Waals surface area contributed by atoms with Crippen molar-refractivity contribution < 1.29 is 4.74 Å². The van der Waals surface area contributed by atoms with Crippen molar-refractivity contribution in [2.24, 2.45) is 0 Å². The summed E-state index contributed by atoms with van der Waals surface area (Å²) in [6.07, 6.45) is 1.72. The molecular formula is C19H21ClN2OS2. The van der Waals surface area contributed by atoms with Gasteiger partial charge in [-0.1, -0.05) is 42.5 Å².